The van der Waals surface area contributed by atoms with Gasteiger partial charge in [-0.2, -0.15) is 0 Å². The molecule has 0 aromatic carbocycles. The van der Waals surface area contributed by atoms with Gasteiger partial charge >= 0.3 is 0 Å². The molecular formula is C21H32IN5O2S. The summed E-state index contributed by atoms with van der Waals surface area (Å²) in [5, 5.41) is 6.69. The summed E-state index contributed by atoms with van der Waals surface area (Å²) >= 11 is 1.86. The van der Waals surface area contributed by atoms with Crippen LogP contribution in [0.3, 0.4) is 0 Å². The molecule has 3 rings (SSSR count). The van der Waals surface area contributed by atoms with Crippen LogP contribution in [0.1, 0.15) is 22.7 Å². The van der Waals surface area contributed by atoms with Crippen molar-refractivity contribution in [1.82, 2.24) is 20.5 Å². The molecule has 0 bridgehead atoms. The lowest BCUT2D eigenvalue weighted by atomic mass is 10.2. The van der Waals surface area contributed by atoms with E-state index < -0.39 is 0 Å². The second kappa shape index (κ2) is 13.8. The molecule has 1 aliphatic rings. The molecule has 1 unspecified atom stereocenters. The van der Waals surface area contributed by atoms with Gasteiger partial charge in [0, 0.05) is 35.6 Å². The number of rotatable bonds is 9. The summed E-state index contributed by atoms with van der Waals surface area (Å²) in [6, 6.07) is 8.47. The third-order valence-electron chi connectivity index (χ3n) is 4.64. The molecule has 0 radical (unpaired) electrons. The molecule has 0 amide bonds. The number of aliphatic imine (C=N–C) groups is 1. The van der Waals surface area contributed by atoms with Crippen molar-refractivity contribution in [3.8, 4) is 5.75 Å². The number of nitrogens with one attached hydrogen (secondary N) is 2. The molecule has 2 aromatic rings. The van der Waals surface area contributed by atoms with Gasteiger partial charge in [0.2, 0.25) is 0 Å². The third-order valence-corrected chi connectivity index (χ3v) is 5.74. The molecule has 9 heteroatoms. The molecule has 2 aromatic heterocycles. The van der Waals surface area contributed by atoms with Crippen molar-refractivity contribution in [2.75, 3.05) is 52.5 Å². The average Bonchev–Trinajstić information content (AvgIpc) is 3.18. The molecule has 2 N–H and O–H groups in total. The minimum atomic E-state index is 0. The highest BCUT2D eigenvalue weighted by Gasteiger charge is 2.23. The lowest BCUT2D eigenvalue weighted by Gasteiger charge is -2.33. The summed E-state index contributed by atoms with van der Waals surface area (Å²) in [7, 11) is 0. The van der Waals surface area contributed by atoms with Crippen LogP contribution in [0.15, 0.2) is 41.7 Å². The maximum atomic E-state index is 5.70. The van der Waals surface area contributed by atoms with E-state index in [1.54, 1.807) is 12.4 Å². The first-order chi connectivity index (χ1) is 14.3. The zero-order valence-corrected chi connectivity index (χ0v) is 20.8. The normalized spacial score (nSPS) is 15.9. The number of thiophene rings is 1. The van der Waals surface area contributed by atoms with Crippen LogP contribution >= 0.6 is 35.3 Å². The Hall–Kier alpha value is -1.43. The Balaban J connectivity index is 0.00000320. The van der Waals surface area contributed by atoms with Crippen molar-refractivity contribution >= 4 is 41.3 Å². The SMILES string of the molecule is CCNC(=NCC(c1ccc(C)s1)N1CCOCC1)NCCOc1cccnc1.I. The lowest BCUT2D eigenvalue weighted by Crippen LogP contribution is -2.42. The molecule has 3 heterocycles. The van der Waals surface area contributed by atoms with Crippen LogP contribution in [0.25, 0.3) is 0 Å². The van der Waals surface area contributed by atoms with E-state index in [0.29, 0.717) is 19.7 Å². The van der Waals surface area contributed by atoms with Crippen LogP contribution in [0, 0.1) is 6.92 Å². The van der Waals surface area contributed by atoms with Gasteiger partial charge in [-0.1, -0.05) is 0 Å². The molecule has 0 saturated carbocycles. The number of aryl methyl sites for hydroxylation is 1. The first kappa shape index (κ1) is 24.8. The zero-order valence-electron chi connectivity index (χ0n) is 17.7. The zero-order chi connectivity index (χ0) is 20.3. The van der Waals surface area contributed by atoms with Crippen LogP contribution in [-0.2, 0) is 4.74 Å². The summed E-state index contributed by atoms with van der Waals surface area (Å²) in [5.74, 6) is 1.59. The Morgan fingerprint density at radius 1 is 1.30 bits per heavy atom. The minimum absolute atomic E-state index is 0. The molecule has 1 fully saturated rings. The van der Waals surface area contributed by atoms with Gasteiger partial charge in [-0.3, -0.25) is 14.9 Å². The summed E-state index contributed by atoms with van der Waals surface area (Å²) < 4.78 is 11.2. The maximum Gasteiger partial charge on any atom is 0.191 e. The molecule has 0 aliphatic carbocycles. The molecule has 1 saturated heterocycles. The van der Waals surface area contributed by atoms with E-state index in [0.717, 1.165) is 44.6 Å². The minimum Gasteiger partial charge on any atom is -0.490 e. The Kier molecular flexibility index (Phi) is 11.4. The van der Waals surface area contributed by atoms with Crippen LogP contribution in [0.2, 0.25) is 0 Å². The number of nitrogens with zero attached hydrogens (tertiary/aromatic N) is 3. The van der Waals surface area contributed by atoms with Crippen LogP contribution in [0.5, 0.6) is 5.75 Å². The fourth-order valence-corrected chi connectivity index (χ4v) is 4.20. The molecule has 1 aliphatic heterocycles. The predicted octanol–water partition coefficient (Wildman–Crippen LogP) is 3.08. The first-order valence-electron chi connectivity index (χ1n) is 10.2. The van der Waals surface area contributed by atoms with Gasteiger partial charge in [-0.15, -0.1) is 35.3 Å². The van der Waals surface area contributed by atoms with E-state index in [2.05, 4.69) is 46.5 Å². The van der Waals surface area contributed by atoms with Crippen molar-refractivity contribution in [2.45, 2.75) is 19.9 Å². The van der Waals surface area contributed by atoms with Crippen molar-refractivity contribution in [3.05, 3.63) is 46.4 Å². The molecule has 1 atom stereocenters. The van der Waals surface area contributed by atoms with Crippen LogP contribution < -0.4 is 15.4 Å². The Labute approximate surface area is 200 Å². The summed E-state index contributed by atoms with van der Waals surface area (Å²) in [4.78, 5) is 14.1. The van der Waals surface area contributed by atoms with Crippen LogP contribution in [-0.4, -0.2) is 68.4 Å². The van der Waals surface area contributed by atoms with Gasteiger partial charge < -0.3 is 20.1 Å². The molecule has 166 valence electrons. The number of morpholine rings is 1. The highest BCUT2D eigenvalue weighted by atomic mass is 127. The predicted molar refractivity (Wildman–Crippen MR) is 133 cm³/mol. The molecule has 30 heavy (non-hydrogen) atoms. The average molecular weight is 545 g/mol. The number of halogens is 1. The summed E-state index contributed by atoms with van der Waals surface area (Å²) in [6.07, 6.45) is 3.45. The van der Waals surface area contributed by atoms with Crippen molar-refractivity contribution in [1.29, 1.82) is 0 Å². The van der Waals surface area contributed by atoms with E-state index in [1.165, 1.54) is 9.75 Å². The Morgan fingerprint density at radius 2 is 2.13 bits per heavy atom. The molecule has 0 spiro atoms. The largest absolute Gasteiger partial charge is 0.490 e. The number of hydrogen-bond donors (Lipinski definition) is 2. The topological polar surface area (TPSA) is 71.0 Å². The Bertz CT molecular complexity index is 753. The fourth-order valence-electron chi connectivity index (χ4n) is 3.20. The van der Waals surface area contributed by atoms with Crippen molar-refractivity contribution in [3.63, 3.8) is 0 Å². The summed E-state index contributed by atoms with van der Waals surface area (Å²) in [6.45, 7) is 10.4. The van der Waals surface area contributed by atoms with E-state index in [9.17, 15) is 0 Å². The van der Waals surface area contributed by atoms with Gasteiger partial charge in [-0.05, 0) is 38.1 Å². The standard InChI is InChI=1S/C21H31N5O2S.HI/c1-3-23-21(24-9-12-28-18-5-4-8-22-15-18)25-16-19(20-7-6-17(2)29-20)26-10-13-27-14-11-26;/h4-8,15,19H,3,9-14,16H2,1-2H3,(H2,23,24,25);1H. The van der Waals surface area contributed by atoms with Gasteiger partial charge in [0.25, 0.3) is 0 Å². The lowest BCUT2D eigenvalue weighted by molar-refractivity contribution is 0.0186. The fraction of sp³-hybridized carbons (Fsp3) is 0.524. The number of ether oxygens (including phenoxy) is 2. The van der Waals surface area contributed by atoms with Crippen LogP contribution in [0.4, 0.5) is 0 Å². The number of pyridine rings is 1. The number of guanidine groups is 1. The van der Waals surface area contributed by atoms with Gasteiger partial charge in [0.15, 0.2) is 5.96 Å². The van der Waals surface area contributed by atoms with Crippen molar-refractivity contribution in [2.24, 2.45) is 4.99 Å². The smallest absolute Gasteiger partial charge is 0.191 e. The number of hydrogen-bond acceptors (Lipinski definition) is 6. The second-order valence-electron chi connectivity index (χ2n) is 6.80. The Morgan fingerprint density at radius 3 is 2.80 bits per heavy atom. The maximum absolute atomic E-state index is 5.70. The molecule has 7 nitrogen and oxygen atoms in total. The van der Waals surface area contributed by atoms with Gasteiger partial charge in [0.1, 0.15) is 12.4 Å². The second-order valence-corrected chi connectivity index (χ2v) is 8.12. The van der Waals surface area contributed by atoms with Crippen molar-refractivity contribution < 1.29 is 9.47 Å². The highest BCUT2D eigenvalue weighted by Crippen LogP contribution is 2.28. The molecular weight excluding hydrogens is 513 g/mol. The quantitative estimate of drug-likeness (QED) is 0.219. The highest BCUT2D eigenvalue weighted by molar-refractivity contribution is 14.0. The van der Waals surface area contributed by atoms with E-state index in [-0.39, 0.29) is 30.0 Å². The van der Waals surface area contributed by atoms with E-state index >= 15 is 0 Å². The number of aromatic nitrogens is 1. The van der Waals surface area contributed by atoms with Gasteiger partial charge in [0.05, 0.1) is 38.5 Å². The first-order valence-corrected chi connectivity index (χ1v) is 11.0. The monoisotopic (exact) mass is 545 g/mol. The third kappa shape index (κ3) is 8.01. The van der Waals surface area contributed by atoms with E-state index in [1.807, 2.05) is 23.5 Å². The van der Waals surface area contributed by atoms with Gasteiger partial charge in [-0.25, -0.2) is 0 Å². The summed E-state index contributed by atoms with van der Waals surface area (Å²) in [5.41, 5.74) is 0. The van der Waals surface area contributed by atoms with E-state index in [4.69, 9.17) is 14.5 Å².